The predicted octanol–water partition coefficient (Wildman–Crippen LogP) is 2.44. The van der Waals surface area contributed by atoms with E-state index in [-0.39, 0.29) is 24.0 Å². The summed E-state index contributed by atoms with van der Waals surface area (Å²) in [4.78, 5) is 25.8. The first-order valence-corrected chi connectivity index (χ1v) is 7.49. The minimum Gasteiger partial charge on any atom is -0.493 e. The van der Waals surface area contributed by atoms with Gasteiger partial charge in [-0.05, 0) is 37.9 Å². The number of methoxy groups -OCH3 is 1. The van der Waals surface area contributed by atoms with Crippen LogP contribution < -0.4 is 9.47 Å². The Kier molecular flexibility index (Phi) is 4.97. The van der Waals surface area contributed by atoms with Crippen LogP contribution in [0, 0.1) is 0 Å². The SMILES string of the molecule is [2H]C([2H])([2H])C([2H])([2H])C([2H])([2H])OC(=O)Cc1ccc(OCC(=O)N(CC)CC)c(OC)c1. The molecule has 0 N–H and O–H groups in total. The van der Waals surface area contributed by atoms with Crippen molar-refractivity contribution in [2.24, 2.45) is 0 Å². The van der Waals surface area contributed by atoms with Crippen molar-refractivity contribution in [2.75, 3.05) is 33.4 Å². The summed E-state index contributed by atoms with van der Waals surface area (Å²) in [5.74, 6) is -0.885. The Bertz CT molecular complexity index is 779. The largest absolute Gasteiger partial charge is 0.493 e. The van der Waals surface area contributed by atoms with Gasteiger partial charge in [0.15, 0.2) is 18.1 Å². The Morgan fingerprint density at radius 3 is 2.62 bits per heavy atom. The second-order valence-electron chi connectivity index (χ2n) is 4.72. The van der Waals surface area contributed by atoms with Crippen LogP contribution in [0.2, 0.25) is 0 Å². The number of esters is 1. The third-order valence-electron chi connectivity index (χ3n) is 3.26. The quantitative estimate of drug-likeness (QED) is 0.610. The van der Waals surface area contributed by atoms with Crippen LogP contribution >= 0.6 is 0 Å². The highest BCUT2D eigenvalue weighted by Crippen LogP contribution is 2.28. The fourth-order valence-corrected chi connectivity index (χ4v) is 2.03. The zero-order chi connectivity index (χ0) is 24.0. The van der Waals surface area contributed by atoms with Gasteiger partial charge in [0.2, 0.25) is 0 Å². The number of amides is 1. The second kappa shape index (κ2) is 10.5. The van der Waals surface area contributed by atoms with Gasteiger partial charge in [-0.2, -0.15) is 0 Å². The first kappa shape index (κ1) is 11.3. The summed E-state index contributed by atoms with van der Waals surface area (Å²) in [5, 5.41) is 0. The van der Waals surface area contributed by atoms with E-state index in [9.17, 15) is 9.59 Å². The van der Waals surface area contributed by atoms with Gasteiger partial charge < -0.3 is 19.1 Å². The molecule has 6 nitrogen and oxygen atoms in total. The van der Waals surface area contributed by atoms with Gasteiger partial charge in [-0.3, -0.25) is 9.59 Å². The summed E-state index contributed by atoms with van der Waals surface area (Å²) in [6, 6.07) is 4.36. The molecule has 0 radical (unpaired) electrons. The molecular formula is C18H27NO5. The normalized spacial score (nSPS) is 16.2. The van der Waals surface area contributed by atoms with Gasteiger partial charge in [-0.25, -0.2) is 0 Å². The topological polar surface area (TPSA) is 65.1 Å². The number of ether oxygens (including phenoxy) is 3. The number of carbonyl (C=O) groups excluding carboxylic acids is 2. The highest BCUT2D eigenvalue weighted by molar-refractivity contribution is 5.77. The molecule has 1 amide bonds. The summed E-state index contributed by atoms with van der Waals surface area (Å²) in [5.41, 5.74) is 0.328. The molecule has 0 heterocycles. The fraction of sp³-hybridized carbons (Fsp3) is 0.556. The van der Waals surface area contributed by atoms with Crippen LogP contribution in [-0.2, 0) is 20.7 Å². The number of nitrogens with zero attached hydrogens (tertiary/aromatic N) is 1. The number of hydrogen-bond donors (Lipinski definition) is 0. The summed E-state index contributed by atoms with van der Waals surface area (Å²) >= 11 is 0. The molecule has 0 fully saturated rings. The maximum atomic E-state index is 12.1. The van der Waals surface area contributed by atoms with E-state index in [4.69, 9.17) is 19.1 Å². The summed E-state index contributed by atoms with van der Waals surface area (Å²) in [6.07, 6.45) is -3.87. The minimum atomic E-state index is -3.40. The van der Waals surface area contributed by atoms with Crippen LogP contribution in [-0.4, -0.2) is 50.1 Å². The van der Waals surface area contributed by atoms with E-state index < -0.39 is 32.2 Å². The molecule has 6 heteroatoms. The van der Waals surface area contributed by atoms with E-state index in [2.05, 4.69) is 4.74 Å². The number of hydrogen-bond acceptors (Lipinski definition) is 5. The van der Waals surface area contributed by atoms with Crippen LogP contribution in [0.4, 0.5) is 0 Å². The van der Waals surface area contributed by atoms with Gasteiger partial charge in [0.05, 0.1) is 22.8 Å². The highest BCUT2D eigenvalue weighted by atomic mass is 16.5. The number of rotatable bonds is 10. The lowest BCUT2D eigenvalue weighted by atomic mass is 10.1. The smallest absolute Gasteiger partial charge is 0.310 e. The van der Waals surface area contributed by atoms with Gasteiger partial charge in [-0.15, -0.1) is 0 Å². The van der Waals surface area contributed by atoms with Gasteiger partial charge in [0, 0.05) is 19.9 Å². The zero-order valence-electron chi connectivity index (χ0n) is 21.0. The van der Waals surface area contributed by atoms with Crippen LogP contribution in [0.1, 0.15) is 42.2 Å². The number of benzene rings is 1. The van der Waals surface area contributed by atoms with Crippen LogP contribution in [0.15, 0.2) is 18.2 Å². The highest BCUT2D eigenvalue weighted by Gasteiger charge is 2.13. The van der Waals surface area contributed by atoms with Gasteiger partial charge in [0.25, 0.3) is 5.91 Å². The van der Waals surface area contributed by atoms with Crippen molar-refractivity contribution < 1.29 is 33.4 Å². The van der Waals surface area contributed by atoms with Crippen molar-refractivity contribution in [1.82, 2.24) is 4.90 Å². The maximum absolute atomic E-state index is 12.1. The van der Waals surface area contributed by atoms with Crippen molar-refractivity contribution in [3.05, 3.63) is 23.8 Å². The molecule has 0 aliphatic carbocycles. The van der Waals surface area contributed by atoms with Crippen molar-refractivity contribution in [1.29, 1.82) is 0 Å². The fourth-order valence-electron chi connectivity index (χ4n) is 2.03. The van der Waals surface area contributed by atoms with Crippen LogP contribution in [0.25, 0.3) is 0 Å². The first-order valence-electron chi connectivity index (χ1n) is 11.0. The lowest BCUT2D eigenvalue weighted by Gasteiger charge is -2.19. The molecule has 1 rings (SSSR count). The molecule has 0 aliphatic rings. The third kappa shape index (κ3) is 6.10. The molecular weight excluding hydrogens is 310 g/mol. The second-order valence-corrected chi connectivity index (χ2v) is 4.72. The number of likely N-dealkylation sites (N-methyl/N-ethyl adjacent to an activating group) is 1. The molecule has 24 heavy (non-hydrogen) atoms. The van der Waals surface area contributed by atoms with E-state index in [0.29, 0.717) is 18.7 Å². The van der Waals surface area contributed by atoms with E-state index in [1.807, 2.05) is 13.8 Å². The molecule has 1 aromatic rings. The zero-order valence-corrected chi connectivity index (χ0v) is 14.0. The molecule has 0 bridgehead atoms. The first-order chi connectivity index (χ1) is 14.2. The Hall–Kier alpha value is -2.24. The Balaban J connectivity index is 2.87. The average Bonchev–Trinajstić information content (AvgIpc) is 2.66. The van der Waals surface area contributed by atoms with E-state index in [1.54, 1.807) is 4.90 Å². The number of carbonyl (C=O) groups is 2. The van der Waals surface area contributed by atoms with Crippen LogP contribution in [0.3, 0.4) is 0 Å². The van der Waals surface area contributed by atoms with Crippen LogP contribution in [0.5, 0.6) is 11.5 Å². The predicted molar refractivity (Wildman–Crippen MR) is 91.4 cm³/mol. The van der Waals surface area contributed by atoms with Gasteiger partial charge >= 0.3 is 5.97 Å². The van der Waals surface area contributed by atoms with Gasteiger partial charge in [-0.1, -0.05) is 12.9 Å². The Morgan fingerprint density at radius 2 is 2.00 bits per heavy atom. The summed E-state index contributed by atoms with van der Waals surface area (Å²) < 4.78 is 66.6. The lowest BCUT2D eigenvalue weighted by molar-refractivity contribution is -0.142. The van der Waals surface area contributed by atoms with E-state index >= 15 is 0 Å². The molecule has 0 aliphatic heterocycles. The average molecular weight is 344 g/mol. The molecule has 0 aromatic heterocycles. The van der Waals surface area contributed by atoms with Crippen molar-refractivity contribution in [3.8, 4) is 11.5 Å². The molecule has 1 aromatic carbocycles. The molecule has 134 valence electrons. The van der Waals surface area contributed by atoms with E-state index in [1.165, 1.54) is 25.3 Å². The van der Waals surface area contributed by atoms with E-state index in [0.717, 1.165) is 0 Å². The lowest BCUT2D eigenvalue weighted by Crippen LogP contribution is -2.34. The van der Waals surface area contributed by atoms with Gasteiger partial charge in [0.1, 0.15) is 0 Å². The Labute approximate surface area is 153 Å². The molecule has 0 saturated heterocycles. The standard InChI is InChI=1S/C18H27NO5/c1-5-10-23-18(21)12-14-8-9-15(16(11-14)22-4)24-13-17(20)19(6-2)7-3/h8-9,11H,5-7,10,12-13H2,1-4H3/i1D3,5D2,10D2. The van der Waals surface area contributed by atoms with Crippen molar-refractivity contribution >= 4 is 11.9 Å². The Morgan fingerprint density at radius 1 is 1.25 bits per heavy atom. The minimum absolute atomic E-state index is 0.203. The monoisotopic (exact) mass is 344 g/mol. The van der Waals surface area contributed by atoms with Crippen molar-refractivity contribution in [2.45, 2.75) is 33.5 Å². The molecule has 0 atom stereocenters. The molecule has 0 spiro atoms. The molecule has 0 unspecified atom stereocenters. The summed E-state index contributed by atoms with van der Waals surface area (Å²) in [6.45, 7) is -2.11. The third-order valence-corrected chi connectivity index (χ3v) is 3.26. The maximum Gasteiger partial charge on any atom is 0.310 e. The molecule has 0 saturated carbocycles. The van der Waals surface area contributed by atoms with Crippen molar-refractivity contribution in [3.63, 3.8) is 0 Å². The summed E-state index contributed by atoms with van der Waals surface area (Å²) in [7, 11) is 1.36.